The van der Waals surface area contributed by atoms with Gasteiger partial charge in [-0.3, -0.25) is 14.5 Å². The summed E-state index contributed by atoms with van der Waals surface area (Å²) in [6.07, 6.45) is 1.28. The van der Waals surface area contributed by atoms with Crippen LogP contribution < -0.4 is 0 Å². The van der Waals surface area contributed by atoms with Gasteiger partial charge in [0.25, 0.3) is 5.91 Å². The van der Waals surface area contributed by atoms with Crippen LogP contribution in [0.5, 0.6) is 0 Å². The average molecular weight is 332 g/mol. The molecule has 104 valence electrons. The Bertz CT molecular complexity index is 627. The minimum Gasteiger partial charge on any atom is -0.480 e. The van der Waals surface area contributed by atoms with Gasteiger partial charge in [0.15, 0.2) is 0 Å². The van der Waals surface area contributed by atoms with Crippen molar-refractivity contribution in [1.82, 2.24) is 4.90 Å². The highest BCUT2D eigenvalue weighted by Gasteiger charge is 2.33. The van der Waals surface area contributed by atoms with Crippen LogP contribution in [0, 0.1) is 5.82 Å². The molecule has 4 nitrogen and oxygen atoms in total. The molecule has 1 aromatic carbocycles. The molecule has 1 aliphatic heterocycles. The van der Waals surface area contributed by atoms with Crippen LogP contribution >= 0.6 is 35.6 Å². The van der Waals surface area contributed by atoms with Crippen molar-refractivity contribution in [3.05, 3.63) is 39.5 Å². The Morgan fingerprint density at radius 3 is 2.85 bits per heavy atom. The molecule has 0 aliphatic carbocycles. The largest absolute Gasteiger partial charge is 0.480 e. The van der Waals surface area contributed by atoms with E-state index in [0.29, 0.717) is 0 Å². The first-order chi connectivity index (χ1) is 9.40. The second kappa shape index (κ2) is 5.90. The lowest BCUT2D eigenvalue weighted by molar-refractivity contribution is -0.140. The van der Waals surface area contributed by atoms with E-state index in [-0.39, 0.29) is 19.8 Å². The number of rotatable bonds is 3. The van der Waals surface area contributed by atoms with Gasteiger partial charge in [-0.15, -0.1) is 0 Å². The second-order valence-corrected chi connectivity index (χ2v) is 5.88. The highest BCUT2D eigenvalue weighted by Crippen LogP contribution is 2.34. The monoisotopic (exact) mass is 331 g/mol. The summed E-state index contributed by atoms with van der Waals surface area (Å²) in [7, 11) is 0. The smallest absolute Gasteiger partial charge is 0.323 e. The van der Waals surface area contributed by atoms with Gasteiger partial charge in [-0.05, 0) is 18.2 Å². The third kappa shape index (κ3) is 3.00. The van der Waals surface area contributed by atoms with Gasteiger partial charge in [-0.25, -0.2) is 4.39 Å². The second-order valence-electron chi connectivity index (χ2n) is 3.80. The lowest BCUT2D eigenvalue weighted by Crippen LogP contribution is -2.33. The van der Waals surface area contributed by atoms with Gasteiger partial charge in [-0.2, -0.15) is 0 Å². The topological polar surface area (TPSA) is 57.6 Å². The van der Waals surface area contributed by atoms with Crippen LogP contribution in [-0.2, 0) is 9.59 Å². The summed E-state index contributed by atoms with van der Waals surface area (Å²) < 4.78 is 13.8. The zero-order valence-corrected chi connectivity index (χ0v) is 12.2. The molecule has 1 fully saturated rings. The van der Waals surface area contributed by atoms with Crippen molar-refractivity contribution in [2.45, 2.75) is 0 Å². The summed E-state index contributed by atoms with van der Waals surface area (Å²) in [5.74, 6) is -2.31. The Hall–Kier alpha value is -1.44. The predicted molar refractivity (Wildman–Crippen MR) is 78.9 cm³/mol. The molecule has 1 aromatic rings. The van der Waals surface area contributed by atoms with E-state index < -0.39 is 24.2 Å². The number of carbonyl (C=O) groups is 2. The van der Waals surface area contributed by atoms with Crippen molar-refractivity contribution >= 4 is 57.9 Å². The summed E-state index contributed by atoms with van der Waals surface area (Å²) in [6, 6.07) is 4.16. The van der Waals surface area contributed by atoms with E-state index in [1.54, 1.807) is 0 Å². The molecule has 0 bridgehead atoms. The number of nitrogens with zero attached hydrogens (tertiary/aromatic N) is 1. The molecule has 1 amide bonds. The van der Waals surface area contributed by atoms with E-state index in [1.807, 2.05) is 0 Å². The molecule has 1 heterocycles. The van der Waals surface area contributed by atoms with Crippen LogP contribution in [-0.4, -0.2) is 32.7 Å². The number of thiocarbonyl (C=S) groups is 1. The van der Waals surface area contributed by atoms with Gasteiger partial charge in [0.05, 0.1) is 9.93 Å². The van der Waals surface area contributed by atoms with Crippen LogP contribution in [0.2, 0.25) is 5.02 Å². The lowest BCUT2D eigenvalue weighted by atomic mass is 10.2. The summed E-state index contributed by atoms with van der Waals surface area (Å²) in [6.45, 7) is -0.521. The Balaban J connectivity index is 2.35. The van der Waals surface area contributed by atoms with Crippen molar-refractivity contribution < 1.29 is 19.1 Å². The molecule has 1 aliphatic rings. The van der Waals surface area contributed by atoms with Crippen molar-refractivity contribution in [3.8, 4) is 0 Å². The average Bonchev–Trinajstić information content (AvgIpc) is 2.61. The normalized spacial score (nSPS) is 17.1. The Morgan fingerprint density at radius 2 is 2.25 bits per heavy atom. The molecule has 0 saturated carbocycles. The van der Waals surface area contributed by atoms with E-state index in [2.05, 4.69) is 0 Å². The van der Waals surface area contributed by atoms with Crippen molar-refractivity contribution in [1.29, 1.82) is 0 Å². The lowest BCUT2D eigenvalue weighted by Gasteiger charge is -2.10. The summed E-state index contributed by atoms with van der Waals surface area (Å²) in [5, 5.41) is 8.87. The third-order valence-corrected chi connectivity index (χ3v) is 4.15. The fourth-order valence-electron chi connectivity index (χ4n) is 1.55. The van der Waals surface area contributed by atoms with Gasteiger partial charge in [0.1, 0.15) is 16.7 Å². The highest BCUT2D eigenvalue weighted by molar-refractivity contribution is 8.26. The number of thioether (sulfide) groups is 1. The fourth-order valence-corrected chi connectivity index (χ4v) is 3.01. The predicted octanol–water partition coefficient (Wildman–Crippen LogP) is 2.76. The van der Waals surface area contributed by atoms with Crippen molar-refractivity contribution in [2.75, 3.05) is 6.54 Å². The first kappa shape index (κ1) is 15.0. The summed E-state index contributed by atoms with van der Waals surface area (Å²) in [4.78, 5) is 23.7. The quantitative estimate of drug-likeness (QED) is 0.682. The van der Waals surface area contributed by atoms with Crippen LogP contribution in [0.15, 0.2) is 23.1 Å². The maximum atomic E-state index is 13.6. The molecule has 2 rings (SSSR count). The molecular formula is C12H7ClFNO3S2. The third-order valence-electron chi connectivity index (χ3n) is 2.44. The van der Waals surface area contributed by atoms with Crippen LogP contribution in [0.1, 0.15) is 5.56 Å². The van der Waals surface area contributed by atoms with Gasteiger partial charge in [0, 0.05) is 5.56 Å². The SMILES string of the molecule is O=C(O)CN1C(=O)/C(=C/c2c(F)cccc2Cl)SC1=S. The van der Waals surface area contributed by atoms with Gasteiger partial charge in [0.2, 0.25) is 0 Å². The van der Waals surface area contributed by atoms with Crippen molar-refractivity contribution in [2.24, 2.45) is 0 Å². The number of halogens is 2. The maximum Gasteiger partial charge on any atom is 0.323 e. The standard InChI is InChI=1S/C12H7ClFNO3S2/c13-7-2-1-3-8(14)6(7)4-9-11(18)15(5-10(16)17)12(19)20-9/h1-4H,5H2,(H,16,17)/b9-4-. The Labute approximate surface area is 128 Å². The first-order valence-electron chi connectivity index (χ1n) is 5.31. The fraction of sp³-hybridized carbons (Fsp3) is 0.0833. The summed E-state index contributed by atoms with van der Waals surface area (Å²) >= 11 is 11.7. The molecule has 0 aromatic heterocycles. The van der Waals surface area contributed by atoms with E-state index in [0.717, 1.165) is 16.7 Å². The number of carbonyl (C=O) groups excluding carboxylic acids is 1. The van der Waals surface area contributed by atoms with Crippen LogP contribution in [0.3, 0.4) is 0 Å². The molecule has 8 heteroatoms. The van der Waals surface area contributed by atoms with E-state index in [9.17, 15) is 14.0 Å². The van der Waals surface area contributed by atoms with E-state index >= 15 is 0 Å². The first-order valence-corrected chi connectivity index (χ1v) is 6.91. The van der Waals surface area contributed by atoms with Gasteiger partial charge < -0.3 is 5.11 Å². The van der Waals surface area contributed by atoms with Crippen LogP contribution in [0.25, 0.3) is 6.08 Å². The number of amides is 1. The zero-order chi connectivity index (χ0) is 14.9. The minimum atomic E-state index is -1.17. The van der Waals surface area contributed by atoms with Crippen molar-refractivity contribution in [3.63, 3.8) is 0 Å². The minimum absolute atomic E-state index is 0.0741. The molecule has 0 unspecified atom stereocenters. The van der Waals surface area contributed by atoms with Crippen LogP contribution in [0.4, 0.5) is 4.39 Å². The Kier molecular flexibility index (Phi) is 4.42. The molecule has 1 saturated heterocycles. The van der Waals surface area contributed by atoms with E-state index in [4.69, 9.17) is 28.9 Å². The number of benzene rings is 1. The zero-order valence-electron chi connectivity index (χ0n) is 9.80. The molecule has 0 spiro atoms. The number of hydrogen-bond donors (Lipinski definition) is 1. The molecule has 0 atom stereocenters. The molecule has 0 radical (unpaired) electrons. The van der Waals surface area contributed by atoms with Gasteiger partial charge in [-0.1, -0.05) is 41.6 Å². The molecular weight excluding hydrogens is 325 g/mol. The summed E-state index contributed by atoms with van der Waals surface area (Å²) in [5.41, 5.74) is 0.0741. The van der Waals surface area contributed by atoms with Gasteiger partial charge >= 0.3 is 5.97 Å². The van der Waals surface area contributed by atoms with E-state index in [1.165, 1.54) is 24.3 Å². The number of carboxylic acid groups (broad SMARTS) is 1. The Morgan fingerprint density at radius 1 is 1.55 bits per heavy atom. The number of carboxylic acids is 1. The maximum absolute atomic E-state index is 13.6. The molecule has 1 N–H and O–H groups in total. The molecule has 20 heavy (non-hydrogen) atoms. The number of aliphatic carboxylic acids is 1. The highest BCUT2D eigenvalue weighted by atomic mass is 35.5. The number of hydrogen-bond acceptors (Lipinski definition) is 4.